The molecule has 2 aliphatic carbocycles. The monoisotopic (exact) mass is 463 g/mol. The zero-order valence-corrected chi connectivity index (χ0v) is 18.4. The van der Waals surface area contributed by atoms with E-state index in [0.717, 1.165) is 12.2 Å². The summed E-state index contributed by atoms with van der Waals surface area (Å²) in [6, 6.07) is 13.3. The van der Waals surface area contributed by atoms with Crippen LogP contribution in [0.15, 0.2) is 54.3 Å². The van der Waals surface area contributed by atoms with Gasteiger partial charge in [0.1, 0.15) is 0 Å². The first kappa shape index (κ1) is 21.4. The molecule has 2 aromatic carbocycles. The van der Waals surface area contributed by atoms with Crippen LogP contribution in [0.5, 0.6) is 0 Å². The maximum atomic E-state index is 9.03. The summed E-state index contributed by atoms with van der Waals surface area (Å²) in [5, 5.41) is 9.03. The van der Waals surface area contributed by atoms with Crippen molar-refractivity contribution in [1.29, 1.82) is 0 Å². The second-order valence-electron chi connectivity index (χ2n) is 6.28. The third-order valence-electron chi connectivity index (χ3n) is 4.96. The number of halogens is 2. The number of ether oxygens (including phenoxy) is 1. The molecule has 133 valence electrons. The molecule has 0 aromatic heterocycles. The Hall–Kier alpha value is -0.857. The molecule has 0 spiro atoms. The largest absolute Gasteiger partial charge is 1.00 e. The number of fused-ring (bicyclic) bond motifs is 3. The normalized spacial score (nSPS) is 16.7. The molecule has 2 aliphatic rings. The SMILES string of the molecule is CC1c2ccccc2-c2ccc(C3=C(OCCO)C=CC3)[c]([Zr+2])c21.[Cl-].[Cl-]. The molecular weight excluding hydrogens is 446 g/mol. The van der Waals surface area contributed by atoms with Gasteiger partial charge in [0, 0.05) is 0 Å². The summed E-state index contributed by atoms with van der Waals surface area (Å²) in [6.45, 7) is 2.71. The van der Waals surface area contributed by atoms with Crippen LogP contribution >= 0.6 is 0 Å². The van der Waals surface area contributed by atoms with Crippen LogP contribution in [0.25, 0.3) is 16.7 Å². The Bertz CT molecular complexity index is 874. The minimum atomic E-state index is 0. The molecule has 26 heavy (non-hydrogen) atoms. The number of rotatable bonds is 4. The van der Waals surface area contributed by atoms with Gasteiger partial charge in [0.05, 0.1) is 0 Å². The van der Waals surface area contributed by atoms with Gasteiger partial charge in [0.15, 0.2) is 0 Å². The van der Waals surface area contributed by atoms with Gasteiger partial charge < -0.3 is 24.8 Å². The van der Waals surface area contributed by atoms with E-state index in [-0.39, 0.29) is 31.4 Å². The van der Waals surface area contributed by atoms with Crippen LogP contribution in [0, 0.1) is 0 Å². The summed E-state index contributed by atoms with van der Waals surface area (Å²) in [6.07, 6.45) is 5.08. The molecule has 5 heteroatoms. The van der Waals surface area contributed by atoms with Gasteiger partial charge in [-0.25, -0.2) is 0 Å². The molecule has 1 atom stereocenters. The van der Waals surface area contributed by atoms with Crippen LogP contribution in [0.4, 0.5) is 0 Å². The Morgan fingerprint density at radius 1 is 1.08 bits per heavy atom. The Morgan fingerprint density at radius 2 is 1.81 bits per heavy atom. The Labute approximate surface area is 182 Å². The molecule has 1 unspecified atom stereocenters. The fourth-order valence-electron chi connectivity index (χ4n) is 3.85. The van der Waals surface area contributed by atoms with Crippen LogP contribution in [0.1, 0.15) is 36.0 Å². The fraction of sp³-hybridized carbons (Fsp3) is 0.238. The molecular formula is C21H19Cl2O2Zr. The molecule has 0 aliphatic heterocycles. The van der Waals surface area contributed by atoms with Crippen LogP contribution in [0.2, 0.25) is 0 Å². The predicted octanol–water partition coefficient (Wildman–Crippen LogP) is -2.32. The van der Waals surface area contributed by atoms with Crippen molar-refractivity contribution in [2.75, 3.05) is 13.2 Å². The van der Waals surface area contributed by atoms with Crippen molar-refractivity contribution in [3.8, 4) is 11.1 Å². The maximum absolute atomic E-state index is 9.03. The van der Waals surface area contributed by atoms with Crippen LogP contribution < -0.4 is 28.1 Å². The molecule has 2 nitrogen and oxygen atoms in total. The summed E-state index contributed by atoms with van der Waals surface area (Å²) < 4.78 is 7.17. The second kappa shape index (κ2) is 8.89. The van der Waals surface area contributed by atoms with Crippen LogP contribution in [0.3, 0.4) is 0 Å². The number of hydrogen-bond donors (Lipinski definition) is 1. The smallest absolute Gasteiger partial charge is 1.00 e. The molecule has 0 amide bonds. The number of benzene rings is 2. The second-order valence-corrected chi connectivity index (χ2v) is 7.51. The Balaban J connectivity index is 0.00000121. The number of aliphatic hydroxyl groups excluding tert-OH is 1. The van der Waals surface area contributed by atoms with E-state index in [0.29, 0.717) is 12.5 Å². The first-order valence-electron chi connectivity index (χ1n) is 8.34. The average molecular weight is 466 g/mol. The van der Waals surface area contributed by atoms with Crippen molar-refractivity contribution in [2.45, 2.75) is 19.3 Å². The van der Waals surface area contributed by atoms with Gasteiger partial charge in [-0.3, -0.25) is 0 Å². The summed E-state index contributed by atoms with van der Waals surface area (Å²) in [5.41, 5.74) is 8.24. The summed E-state index contributed by atoms with van der Waals surface area (Å²) in [5.74, 6) is 1.36. The molecule has 2 aromatic rings. The number of allylic oxidation sites excluding steroid dienone is 3. The molecule has 0 heterocycles. The van der Waals surface area contributed by atoms with Crippen molar-refractivity contribution in [2.24, 2.45) is 0 Å². The van der Waals surface area contributed by atoms with Crippen molar-refractivity contribution >= 4 is 8.84 Å². The van der Waals surface area contributed by atoms with Crippen molar-refractivity contribution in [1.82, 2.24) is 0 Å². The zero-order valence-electron chi connectivity index (χ0n) is 14.4. The predicted molar refractivity (Wildman–Crippen MR) is 92.7 cm³/mol. The first-order valence-corrected chi connectivity index (χ1v) is 9.56. The topological polar surface area (TPSA) is 29.5 Å². The van der Waals surface area contributed by atoms with E-state index in [9.17, 15) is 0 Å². The van der Waals surface area contributed by atoms with E-state index in [1.165, 1.54) is 61.4 Å². The van der Waals surface area contributed by atoms with E-state index >= 15 is 0 Å². The van der Waals surface area contributed by atoms with Gasteiger partial charge in [0.25, 0.3) is 0 Å². The molecule has 1 N–H and O–H groups in total. The minimum Gasteiger partial charge on any atom is -1.00 e. The van der Waals surface area contributed by atoms with E-state index in [4.69, 9.17) is 9.84 Å². The van der Waals surface area contributed by atoms with Gasteiger partial charge >= 0.3 is 158 Å². The van der Waals surface area contributed by atoms with Gasteiger partial charge in [-0.15, -0.1) is 0 Å². The molecule has 0 saturated heterocycles. The van der Waals surface area contributed by atoms with Gasteiger partial charge in [-0.05, 0) is 0 Å². The molecule has 0 saturated carbocycles. The summed E-state index contributed by atoms with van der Waals surface area (Å²) >= 11 is 1.44. The van der Waals surface area contributed by atoms with Gasteiger partial charge in [-0.1, -0.05) is 0 Å². The third-order valence-corrected chi connectivity index (χ3v) is 6.28. The molecule has 0 fully saturated rings. The van der Waals surface area contributed by atoms with E-state index in [1.807, 2.05) is 6.08 Å². The van der Waals surface area contributed by atoms with Crippen LogP contribution in [-0.4, -0.2) is 18.3 Å². The molecule has 0 radical (unpaired) electrons. The third kappa shape index (κ3) is 3.48. The maximum Gasteiger partial charge on any atom is -1.00 e. The Morgan fingerprint density at radius 3 is 2.58 bits per heavy atom. The van der Waals surface area contributed by atoms with E-state index in [2.05, 4.69) is 49.4 Å². The number of hydrogen-bond acceptors (Lipinski definition) is 2. The van der Waals surface area contributed by atoms with Crippen molar-refractivity contribution in [3.63, 3.8) is 0 Å². The minimum absolute atomic E-state index is 0. The number of aliphatic hydroxyl groups is 1. The first-order chi connectivity index (χ1) is 11.7. The van der Waals surface area contributed by atoms with Crippen LogP contribution in [-0.2, 0) is 29.5 Å². The van der Waals surface area contributed by atoms with Gasteiger partial charge in [0.2, 0.25) is 0 Å². The van der Waals surface area contributed by atoms with E-state index < -0.39 is 0 Å². The molecule has 0 bridgehead atoms. The van der Waals surface area contributed by atoms with Crippen molar-refractivity contribution in [3.05, 3.63) is 71.0 Å². The summed E-state index contributed by atoms with van der Waals surface area (Å²) in [7, 11) is 0. The molecule has 4 rings (SSSR count). The Kier molecular flexibility index (Phi) is 7.33. The summed E-state index contributed by atoms with van der Waals surface area (Å²) in [4.78, 5) is 0. The van der Waals surface area contributed by atoms with Crippen molar-refractivity contribution < 1.29 is 59.4 Å². The zero-order chi connectivity index (χ0) is 16.7. The van der Waals surface area contributed by atoms with Gasteiger partial charge in [-0.2, -0.15) is 0 Å². The quantitative estimate of drug-likeness (QED) is 0.550. The average Bonchev–Trinajstić information content (AvgIpc) is 3.17. The fourth-order valence-corrected chi connectivity index (χ4v) is 5.29. The standard InChI is InChI=1S/C21H19O2.2ClH.Zr/c1-14-16-5-2-3-6-18(16)19-10-9-15(13-20(14)19)17-7-4-8-21(17)23-12-11-22;;;/h2-6,8-10,14,22H,7,11-12H2,1H3;2*1H;/q;;;+2/p-2. The van der Waals surface area contributed by atoms with E-state index in [1.54, 1.807) is 0 Å².